The van der Waals surface area contributed by atoms with Crippen molar-refractivity contribution in [3.63, 3.8) is 0 Å². The van der Waals surface area contributed by atoms with Crippen LogP contribution in [0.4, 0.5) is 17.1 Å². The van der Waals surface area contributed by atoms with Crippen molar-refractivity contribution in [1.29, 1.82) is 0 Å². The fourth-order valence-electron chi connectivity index (χ4n) is 4.24. The Hall–Kier alpha value is -5.17. The summed E-state index contributed by atoms with van der Waals surface area (Å²) in [5, 5.41) is 42.9. The van der Waals surface area contributed by atoms with Crippen LogP contribution in [0.2, 0.25) is 0 Å². The molecule has 1 amide bonds. The summed E-state index contributed by atoms with van der Waals surface area (Å²) >= 11 is 0. The molecule has 0 saturated heterocycles. The van der Waals surface area contributed by atoms with Crippen molar-refractivity contribution >= 4 is 33.7 Å². The SMILES string of the molecule is O=C(Nc1cccc2c(O)ccc(N=Nc3ccc(CCc4cc(O)ccc4O)cc3)c12)c1ccccc1. The fourth-order valence-corrected chi connectivity index (χ4v) is 4.24. The highest BCUT2D eigenvalue weighted by Gasteiger charge is 2.13. The molecule has 5 rings (SSSR count). The number of anilines is 1. The van der Waals surface area contributed by atoms with Gasteiger partial charge in [-0.3, -0.25) is 4.79 Å². The number of nitrogens with one attached hydrogen (secondary N) is 1. The van der Waals surface area contributed by atoms with Gasteiger partial charge in [-0.25, -0.2) is 0 Å². The van der Waals surface area contributed by atoms with E-state index in [4.69, 9.17) is 0 Å². The highest BCUT2D eigenvalue weighted by Crippen LogP contribution is 2.38. The molecule has 0 saturated carbocycles. The minimum absolute atomic E-state index is 0.0804. The Balaban J connectivity index is 1.37. The van der Waals surface area contributed by atoms with Gasteiger partial charge in [0.25, 0.3) is 5.91 Å². The van der Waals surface area contributed by atoms with Gasteiger partial charge in [0.15, 0.2) is 0 Å². The van der Waals surface area contributed by atoms with Gasteiger partial charge in [-0.05, 0) is 84.6 Å². The van der Waals surface area contributed by atoms with E-state index >= 15 is 0 Å². The molecule has 0 heterocycles. The number of phenolic OH excluding ortho intramolecular Hbond substituents is 3. The molecule has 0 aliphatic heterocycles. The zero-order valence-electron chi connectivity index (χ0n) is 20.4. The molecule has 188 valence electrons. The van der Waals surface area contributed by atoms with Crippen LogP contribution in [-0.4, -0.2) is 21.2 Å². The lowest BCUT2D eigenvalue weighted by Crippen LogP contribution is -2.11. The molecule has 0 unspecified atom stereocenters. The number of aromatic hydroxyl groups is 3. The first kappa shape index (κ1) is 24.5. The highest BCUT2D eigenvalue weighted by atomic mass is 16.3. The van der Waals surface area contributed by atoms with Crippen LogP contribution < -0.4 is 5.32 Å². The van der Waals surface area contributed by atoms with Crippen LogP contribution in [0, 0.1) is 0 Å². The molecule has 0 aliphatic rings. The summed E-state index contributed by atoms with van der Waals surface area (Å²) in [4.78, 5) is 12.8. The third kappa shape index (κ3) is 5.47. The molecule has 5 aromatic carbocycles. The molecule has 38 heavy (non-hydrogen) atoms. The van der Waals surface area contributed by atoms with Crippen LogP contribution in [-0.2, 0) is 12.8 Å². The second-order valence-electron chi connectivity index (χ2n) is 8.83. The second kappa shape index (κ2) is 10.8. The van der Waals surface area contributed by atoms with Crippen molar-refractivity contribution in [2.45, 2.75) is 12.8 Å². The van der Waals surface area contributed by atoms with Gasteiger partial charge >= 0.3 is 0 Å². The summed E-state index contributed by atoms with van der Waals surface area (Å²) in [6.45, 7) is 0. The molecule has 4 N–H and O–H groups in total. The van der Waals surface area contributed by atoms with Gasteiger partial charge in [0, 0.05) is 16.3 Å². The number of amides is 1. The zero-order chi connectivity index (χ0) is 26.5. The summed E-state index contributed by atoms with van der Waals surface area (Å²) in [6.07, 6.45) is 1.26. The van der Waals surface area contributed by atoms with Crippen molar-refractivity contribution in [3.05, 3.63) is 120 Å². The van der Waals surface area contributed by atoms with Crippen molar-refractivity contribution in [2.75, 3.05) is 5.32 Å². The van der Waals surface area contributed by atoms with E-state index in [1.165, 1.54) is 12.1 Å². The van der Waals surface area contributed by atoms with Gasteiger partial charge in [0.2, 0.25) is 0 Å². The maximum absolute atomic E-state index is 12.8. The number of carbonyl (C=O) groups excluding carboxylic acids is 1. The molecule has 0 spiro atoms. The standard InChI is InChI=1S/C31H25N3O4/c35-24-15-17-28(36)22(19-24)12-9-20-10-13-23(14-11-20)33-34-27-16-18-29(37)25-7-4-8-26(30(25)27)32-31(38)21-5-2-1-3-6-21/h1-8,10-11,13-19,35-37H,9,12H2,(H,32,38). The maximum atomic E-state index is 12.8. The second-order valence-corrected chi connectivity index (χ2v) is 8.83. The van der Waals surface area contributed by atoms with E-state index in [-0.39, 0.29) is 23.2 Å². The van der Waals surface area contributed by atoms with E-state index in [1.54, 1.807) is 60.7 Å². The van der Waals surface area contributed by atoms with Crippen LogP contribution in [0.15, 0.2) is 113 Å². The topological polar surface area (TPSA) is 115 Å². The zero-order valence-corrected chi connectivity index (χ0v) is 20.4. The molecule has 0 bridgehead atoms. The summed E-state index contributed by atoms with van der Waals surface area (Å²) in [5.41, 5.74) is 3.92. The largest absolute Gasteiger partial charge is 0.508 e. The van der Waals surface area contributed by atoms with E-state index in [1.807, 2.05) is 30.3 Å². The van der Waals surface area contributed by atoms with Crippen LogP contribution >= 0.6 is 0 Å². The first-order valence-electron chi connectivity index (χ1n) is 12.1. The van der Waals surface area contributed by atoms with E-state index < -0.39 is 0 Å². The smallest absolute Gasteiger partial charge is 0.255 e. The summed E-state index contributed by atoms with van der Waals surface area (Å²) in [5.74, 6) is 0.0996. The Morgan fingerprint density at radius 1 is 0.711 bits per heavy atom. The molecular weight excluding hydrogens is 478 g/mol. The molecule has 7 heteroatoms. The number of fused-ring (bicyclic) bond motifs is 1. The molecule has 5 aromatic rings. The third-order valence-corrected chi connectivity index (χ3v) is 6.24. The van der Waals surface area contributed by atoms with E-state index in [0.29, 0.717) is 51.8 Å². The number of phenols is 3. The molecular formula is C31H25N3O4. The van der Waals surface area contributed by atoms with Crippen LogP contribution in [0.5, 0.6) is 17.2 Å². The number of benzene rings is 5. The van der Waals surface area contributed by atoms with Gasteiger partial charge in [-0.1, -0.05) is 42.5 Å². The first-order chi connectivity index (χ1) is 18.5. The number of hydrogen-bond donors (Lipinski definition) is 4. The lowest BCUT2D eigenvalue weighted by Gasteiger charge is -2.11. The predicted molar refractivity (Wildman–Crippen MR) is 148 cm³/mol. The van der Waals surface area contributed by atoms with Gasteiger partial charge < -0.3 is 20.6 Å². The summed E-state index contributed by atoms with van der Waals surface area (Å²) in [7, 11) is 0. The predicted octanol–water partition coefficient (Wildman–Crippen LogP) is 7.41. The maximum Gasteiger partial charge on any atom is 0.255 e. The van der Waals surface area contributed by atoms with Gasteiger partial charge in [0.05, 0.1) is 17.1 Å². The van der Waals surface area contributed by atoms with Gasteiger partial charge in [-0.2, -0.15) is 5.11 Å². The van der Waals surface area contributed by atoms with Crippen molar-refractivity contribution in [1.82, 2.24) is 0 Å². The molecule has 0 aromatic heterocycles. The lowest BCUT2D eigenvalue weighted by molar-refractivity contribution is 0.102. The average Bonchev–Trinajstić information content (AvgIpc) is 2.94. The van der Waals surface area contributed by atoms with E-state index in [9.17, 15) is 20.1 Å². The normalized spacial score (nSPS) is 11.2. The average molecular weight is 504 g/mol. The van der Waals surface area contributed by atoms with Gasteiger partial charge in [0.1, 0.15) is 17.2 Å². The molecule has 0 aliphatic carbocycles. The number of aryl methyl sites for hydroxylation is 2. The van der Waals surface area contributed by atoms with Crippen LogP contribution in [0.1, 0.15) is 21.5 Å². The highest BCUT2D eigenvalue weighted by molar-refractivity contribution is 6.12. The summed E-state index contributed by atoms with van der Waals surface area (Å²) in [6, 6.07) is 29.5. The fraction of sp³-hybridized carbons (Fsp3) is 0.0645. The van der Waals surface area contributed by atoms with Crippen molar-refractivity contribution < 1.29 is 20.1 Å². The summed E-state index contributed by atoms with van der Waals surface area (Å²) < 4.78 is 0. The quantitative estimate of drug-likeness (QED) is 0.137. The van der Waals surface area contributed by atoms with E-state index in [2.05, 4.69) is 15.5 Å². The minimum Gasteiger partial charge on any atom is -0.508 e. The van der Waals surface area contributed by atoms with Gasteiger partial charge in [-0.15, -0.1) is 5.11 Å². The lowest BCUT2D eigenvalue weighted by atomic mass is 10.0. The monoisotopic (exact) mass is 503 g/mol. The minimum atomic E-state index is -0.265. The Morgan fingerprint density at radius 2 is 1.47 bits per heavy atom. The van der Waals surface area contributed by atoms with Crippen LogP contribution in [0.25, 0.3) is 10.8 Å². The molecule has 0 atom stereocenters. The molecule has 0 fully saturated rings. The Bertz CT molecular complexity index is 1630. The van der Waals surface area contributed by atoms with Crippen LogP contribution in [0.3, 0.4) is 0 Å². The first-order valence-corrected chi connectivity index (χ1v) is 12.1. The molecule has 7 nitrogen and oxygen atoms in total. The number of hydrogen-bond acceptors (Lipinski definition) is 6. The molecule has 0 radical (unpaired) electrons. The Labute approximate surface area is 219 Å². The van der Waals surface area contributed by atoms with Crippen molar-refractivity contribution in [2.24, 2.45) is 10.2 Å². The Kier molecular flexibility index (Phi) is 6.99. The third-order valence-electron chi connectivity index (χ3n) is 6.24. The Morgan fingerprint density at radius 3 is 2.26 bits per heavy atom. The number of rotatable bonds is 7. The number of azo groups is 1. The van der Waals surface area contributed by atoms with E-state index in [0.717, 1.165) is 5.56 Å². The number of carbonyl (C=O) groups is 1. The number of nitrogens with zero attached hydrogens (tertiary/aromatic N) is 2. The van der Waals surface area contributed by atoms with Crippen molar-refractivity contribution in [3.8, 4) is 17.2 Å².